The van der Waals surface area contributed by atoms with Crippen molar-refractivity contribution in [3.05, 3.63) is 123 Å². The maximum absolute atomic E-state index is 14.8. The number of amides is 2. The summed E-state index contributed by atoms with van der Waals surface area (Å²) in [5.74, 6) is -0.350. The summed E-state index contributed by atoms with van der Waals surface area (Å²) in [6.45, 7) is 7.98. The average molecular weight is 717 g/mol. The Balaban J connectivity index is 1.29. The lowest BCUT2D eigenvalue weighted by Gasteiger charge is -2.40. The first kappa shape index (κ1) is 35.1. The summed E-state index contributed by atoms with van der Waals surface area (Å²) < 4.78 is 9.26. The number of phenols is 1. The first-order valence-corrected chi connectivity index (χ1v) is 17.8. The van der Waals surface area contributed by atoms with Gasteiger partial charge in [0.1, 0.15) is 17.5 Å². The van der Waals surface area contributed by atoms with Crippen LogP contribution in [0.3, 0.4) is 0 Å². The largest absolute Gasteiger partial charge is 0.508 e. The van der Waals surface area contributed by atoms with Gasteiger partial charge in [0, 0.05) is 85.2 Å². The van der Waals surface area contributed by atoms with Crippen LogP contribution in [0.2, 0.25) is 5.02 Å². The van der Waals surface area contributed by atoms with Gasteiger partial charge >= 0.3 is 0 Å². The van der Waals surface area contributed by atoms with Gasteiger partial charge in [0.15, 0.2) is 0 Å². The molecule has 0 spiro atoms. The summed E-state index contributed by atoms with van der Waals surface area (Å²) in [4.78, 5) is 35.5. The third-order valence-electron chi connectivity index (χ3n) is 10.6. The highest BCUT2D eigenvalue weighted by Gasteiger charge is 2.34. The SMILES string of the molecule is Cc1c(N(C(=O)c2cc(-c3cc(Cl)ccc3C(=O)N3Cc4ccccc4CC3CN3CCOCC3)n(C)c2C)c2ccc(O)cc2)cc(C#N)n1C. The molecule has 1 fully saturated rings. The van der Waals surface area contributed by atoms with E-state index in [9.17, 15) is 20.0 Å². The van der Waals surface area contributed by atoms with E-state index >= 15 is 0 Å². The summed E-state index contributed by atoms with van der Waals surface area (Å²) in [6.07, 6.45) is 0.754. The van der Waals surface area contributed by atoms with E-state index in [0.29, 0.717) is 69.9 Å². The van der Waals surface area contributed by atoms with Crippen LogP contribution in [0.5, 0.6) is 5.75 Å². The minimum Gasteiger partial charge on any atom is -0.508 e. The zero-order valence-corrected chi connectivity index (χ0v) is 30.5. The molecule has 1 saturated heterocycles. The van der Waals surface area contributed by atoms with Crippen LogP contribution in [0, 0.1) is 25.2 Å². The van der Waals surface area contributed by atoms with Crippen LogP contribution >= 0.6 is 11.6 Å². The number of ether oxygens (including phenoxy) is 1. The summed E-state index contributed by atoms with van der Waals surface area (Å²) in [6, 6.07) is 25.7. The number of carbonyl (C=O) groups is 2. The van der Waals surface area contributed by atoms with Gasteiger partial charge in [-0.05, 0) is 86.0 Å². The number of rotatable bonds is 7. The minimum absolute atomic E-state index is 0.0393. The molecule has 7 rings (SSSR count). The van der Waals surface area contributed by atoms with Gasteiger partial charge in [0.2, 0.25) is 0 Å². The molecule has 2 amide bonds. The molecule has 1 unspecified atom stereocenters. The van der Waals surface area contributed by atoms with Crippen LogP contribution in [-0.4, -0.2) is 74.7 Å². The van der Waals surface area contributed by atoms with Crippen LogP contribution in [0.1, 0.15) is 48.9 Å². The molecule has 0 bridgehead atoms. The Bertz CT molecular complexity index is 2210. The smallest absolute Gasteiger partial charge is 0.264 e. The molecular formula is C41H41ClN6O4. The lowest BCUT2D eigenvalue weighted by molar-refractivity contribution is 0.0193. The molecule has 1 N–H and O–H groups in total. The van der Waals surface area contributed by atoms with Crippen molar-refractivity contribution in [3.63, 3.8) is 0 Å². The quantitative estimate of drug-likeness (QED) is 0.200. The number of anilines is 2. The number of aromatic nitrogens is 2. The summed E-state index contributed by atoms with van der Waals surface area (Å²) in [7, 11) is 3.66. The molecule has 2 aliphatic heterocycles. The molecule has 5 aromatic rings. The van der Waals surface area contributed by atoms with E-state index in [-0.39, 0.29) is 23.6 Å². The number of hydrogen-bond donors (Lipinski definition) is 1. The maximum atomic E-state index is 14.8. The van der Waals surface area contributed by atoms with Crippen molar-refractivity contribution in [2.45, 2.75) is 32.9 Å². The summed E-state index contributed by atoms with van der Waals surface area (Å²) in [5.41, 5.74) is 7.52. The molecule has 266 valence electrons. The third kappa shape index (κ3) is 6.48. The molecule has 4 heterocycles. The average Bonchev–Trinajstić information content (AvgIpc) is 3.61. The Labute approximate surface area is 308 Å². The molecule has 2 aliphatic rings. The van der Waals surface area contributed by atoms with Gasteiger partial charge in [0.05, 0.1) is 24.5 Å². The third-order valence-corrected chi connectivity index (χ3v) is 10.9. The second-order valence-electron chi connectivity index (χ2n) is 13.6. The second-order valence-corrected chi connectivity index (χ2v) is 14.0. The van der Waals surface area contributed by atoms with Gasteiger partial charge in [-0.1, -0.05) is 35.9 Å². The zero-order valence-electron chi connectivity index (χ0n) is 29.8. The minimum atomic E-state index is -0.323. The Morgan fingerprint density at radius 2 is 1.63 bits per heavy atom. The Morgan fingerprint density at radius 3 is 2.33 bits per heavy atom. The molecule has 2 aromatic heterocycles. The molecule has 11 heteroatoms. The lowest BCUT2D eigenvalue weighted by Crippen LogP contribution is -2.52. The number of phenolic OH excluding ortho intramolecular Hbond substituents is 1. The topological polar surface area (TPSA) is 107 Å². The van der Waals surface area contributed by atoms with Crippen LogP contribution < -0.4 is 4.90 Å². The van der Waals surface area contributed by atoms with Crippen molar-refractivity contribution >= 4 is 34.8 Å². The summed E-state index contributed by atoms with van der Waals surface area (Å²) >= 11 is 6.64. The Kier molecular flexibility index (Phi) is 9.68. The monoisotopic (exact) mass is 716 g/mol. The maximum Gasteiger partial charge on any atom is 0.264 e. The van der Waals surface area contributed by atoms with Crippen molar-refractivity contribution in [2.75, 3.05) is 37.7 Å². The molecule has 52 heavy (non-hydrogen) atoms. The van der Waals surface area contributed by atoms with Gasteiger partial charge < -0.3 is 23.9 Å². The standard InChI is InChI=1S/C41H41ClN6O4/c1-26-36(41(51)48(31-10-12-34(49)13-11-31)38-21-32(23-43)44(3)27(38)2)22-39(45(26)4)37-20-30(42)9-14-35(37)40(50)47-24-29-8-6-5-7-28(29)19-33(47)25-46-15-17-52-18-16-46/h5-14,20-22,33,49H,15-19,24-25H2,1-4H3. The van der Waals surface area contributed by atoms with Crippen LogP contribution in [0.4, 0.5) is 11.4 Å². The number of nitriles is 1. The lowest BCUT2D eigenvalue weighted by atomic mass is 9.92. The number of carbonyl (C=O) groups excluding carboxylic acids is 2. The molecular weight excluding hydrogens is 676 g/mol. The number of benzene rings is 3. The van der Waals surface area contributed by atoms with Gasteiger partial charge in [-0.25, -0.2) is 0 Å². The van der Waals surface area contributed by atoms with Crippen LogP contribution in [0.25, 0.3) is 11.3 Å². The highest BCUT2D eigenvalue weighted by molar-refractivity contribution is 6.31. The first-order chi connectivity index (χ1) is 25.0. The predicted octanol–water partition coefficient (Wildman–Crippen LogP) is 6.76. The van der Waals surface area contributed by atoms with E-state index in [1.807, 2.05) is 42.5 Å². The van der Waals surface area contributed by atoms with E-state index < -0.39 is 0 Å². The van der Waals surface area contributed by atoms with Crippen molar-refractivity contribution in [1.82, 2.24) is 18.9 Å². The normalized spacial score (nSPS) is 16.0. The number of nitrogens with zero attached hydrogens (tertiary/aromatic N) is 6. The van der Waals surface area contributed by atoms with E-state index in [4.69, 9.17) is 16.3 Å². The molecule has 10 nitrogen and oxygen atoms in total. The van der Waals surface area contributed by atoms with Gasteiger partial charge in [0.25, 0.3) is 11.8 Å². The van der Waals surface area contributed by atoms with Crippen molar-refractivity contribution < 1.29 is 19.4 Å². The van der Waals surface area contributed by atoms with Crippen molar-refractivity contribution in [1.29, 1.82) is 5.26 Å². The Hall–Kier alpha value is -5.34. The van der Waals surface area contributed by atoms with E-state index in [2.05, 4.69) is 29.2 Å². The summed E-state index contributed by atoms with van der Waals surface area (Å²) in [5, 5.41) is 20.3. The number of morpholine rings is 1. The van der Waals surface area contributed by atoms with Crippen LogP contribution in [-0.2, 0) is 31.8 Å². The number of halogens is 1. The Morgan fingerprint density at radius 1 is 0.923 bits per heavy atom. The fourth-order valence-corrected chi connectivity index (χ4v) is 7.59. The highest BCUT2D eigenvalue weighted by Crippen LogP contribution is 2.37. The highest BCUT2D eigenvalue weighted by atomic mass is 35.5. The number of aromatic hydroxyl groups is 1. The molecule has 3 aromatic carbocycles. The number of fused-ring (bicyclic) bond motifs is 1. The van der Waals surface area contributed by atoms with E-state index in [1.54, 1.807) is 52.9 Å². The van der Waals surface area contributed by atoms with Gasteiger partial charge in [-0.3, -0.25) is 19.4 Å². The van der Waals surface area contributed by atoms with Gasteiger partial charge in [-0.15, -0.1) is 0 Å². The fourth-order valence-electron chi connectivity index (χ4n) is 7.42. The first-order valence-electron chi connectivity index (χ1n) is 17.4. The predicted molar refractivity (Wildman–Crippen MR) is 201 cm³/mol. The molecule has 0 aliphatic carbocycles. The zero-order chi connectivity index (χ0) is 36.7. The van der Waals surface area contributed by atoms with Crippen LogP contribution in [0.15, 0.2) is 78.9 Å². The molecule has 0 saturated carbocycles. The molecule has 1 atom stereocenters. The van der Waals surface area contributed by atoms with Gasteiger partial charge in [-0.2, -0.15) is 5.26 Å². The molecule has 0 radical (unpaired) electrons. The van der Waals surface area contributed by atoms with E-state index in [1.165, 1.54) is 17.7 Å². The fraction of sp³-hybridized carbons (Fsp3) is 0.293. The van der Waals surface area contributed by atoms with Crippen molar-refractivity contribution in [2.24, 2.45) is 14.1 Å². The second kappa shape index (κ2) is 14.4. The number of hydrogen-bond acceptors (Lipinski definition) is 6. The van der Waals surface area contributed by atoms with Crippen molar-refractivity contribution in [3.8, 4) is 23.1 Å². The van der Waals surface area contributed by atoms with E-state index in [0.717, 1.165) is 37.3 Å².